The molecule has 4 fully saturated rings. The van der Waals surface area contributed by atoms with Crippen molar-refractivity contribution in [1.82, 2.24) is 5.32 Å². The smallest absolute Gasteiger partial charge is 0.337 e. The molecule has 4 bridgehead atoms. The summed E-state index contributed by atoms with van der Waals surface area (Å²) in [6, 6.07) is 8.67. The SMILES string of the molecule is COC(=O)c1cc(C(=O)OC)cc(-c2ccc(CNC34CC5CC(CC(C5)C3)C4)o2)c1. The third-order valence-electron chi connectivity index (χ3n) is 7.40. The van der Waals surface area contributed by atoms with Gasteiger partial charge in [0, 0.05) is 11.1 Å². The van der Waals surface area contributed by atoms with Crippen LogP contribution in [0.2, 0.25) is 0 Å². The molecule has 0 saturated heterocycles. The van der Waals surface area contributed by atoms with Crippen molar-refractivity contribution in [2.45, 2.75) is 50.6 Å². The minimum atomic E-state index is -0.512. The molecule has 0 radical (unpaired) electrons. The molecule has 6 rings (SSSR count). The molecule has 1 heterocycles. The van der Waals surface area contributed by atoms with Crippen LogP contribution in [0, 0.1) is 17.8 Å². The van der Waals surface area contributed by atoms with Crippen molar-refractivity contribution in [2.75, 3.05) is 14.2 Å². The average Bonchev–Trinajstić information content (AvgIpc) is 3.25. The van der Waals surface area contributed by atoms with Gasteiger partial charge >= 0.3 is 11.9 Å². The summed E-state index contributed by atoms with van der Waals surface area (Å²) in [4.78, 5) is 24.1. The van der Waals surface area contributed by atoms with E-state index in [0.29, 0.717) is 17.9 Å². The van der Waals surface area contributed by atoms with E-state index in [9.17, 15) is 9.59 Å². The van der Waals surface area contributed by atoms with Crippen LogP contribution in [0.1, 0.15) is 65.0 Å². The van der Waals surface area contributed by atoms with Crippen LogP contribution in [-0.4, -0.2) is 31.7 Å². The lowest BCUT2D eigenvalue weighted by Gasteiger charge is -2.57. The molecule has 1 aromatic heterocycles. The summed E-state index contributed by atoms with van der Waals surface area (Å²) >= 11 is 0. The number of hydrogen-bond acceptors (Lipinski definition) is 6. The molecular formula is C25H29NO5. The van der Waals surface area contributed by atoms with Crippen molar-refractivity contribution in [3.05, 3.63) is 47.2 Å². The Labute approximate surface area is 182 Å². The second-order valence-electron chi connectivity index (χ2n) is 9.60. The Hall–Kier alpha value is -2.60. The first kappa shape index (κ1) is 20.3. The van der Waals surface area contributed by atoms with Gasteiger partial charge in [0.05, 0.1) is 31.9 Å². The van der Waals surface area contributed by atoms with E-state index in [1.54, 1.807) is 12.1 Å². The van der Waals surface area contributed by atoms with Gasteiger partial charge in [-0.15, -0.1) is 0 Å². The molecule has 0 spiro atoms. The van der Waals surface area contributed by atoms with Gasteiger partial charge in [0.1, 0.15) is 11.5 Å². The number of hydrogen-bond donors (Lipinski definition) is 1. The predicted octanol–water partition coefficient (Wildman–Crippen LogP) is 4.58. The molecule has 6 heteroatoms. The summed E-state index contributed by atoms with van der Waals surface area (Å²) in [6.07, 6.45) is 8.13. The topological polar surface area (TPSA) is 77.8 Å². The first-order chi connectivity index (χ1) is 15.0. The zero-order valence-electron chi connectivity index (χ0n) is 18.1. The van der Waals surface area contributed by atoms with Gasteiger partial charge in [-0.1, -0.05) is 0 Å². The second-order valence-corrected chi connectivity index (χ2v) is 9.60. The van der Waals surface area contributed by atoms with E-state index in [4.69, 9.17) is 13.9 Å². The molecule has 0 atom stereocenters. The molecule has 6 nitrogen and oxygen atoms in total. The normalized spacial score (nSPS) is 28.5. The second kappa shape index (κ2) is 7.83. The third-order valence-corrected chi connectivity index (χ3v) is 7.40. The predicted molar refractivity (Wildman–Crippen MR) is 115 cm³/mol. The van der Waals surface area contributed by atoms with Crippen LogP contribution in [0.15, 0.2) is 34.7 Å². The standard InChI is InChI=1S/C25H29NO5/c1-29-23(27)19-8-18(9-20(10-19)24(28)30-2)22-4-3-21(31-22)14-26-25-11-15-5-16(12-25)7-17(6-15)13-25/h3-4,8-10,15-17,26H,5-7,11-14H2,1-2H3. The van der Waals surface area contributed by atoms with E-state index < -0.39 is 11.9 Å². The van der Waals surface area contributed by atoms with Crippen molar-refractivity contribution in [3.63, 3.8) is 0 Å². The monoisotopic (exact) mass is 423 g/mol. The van der Waals surface area contributed by atoms with Gasteiger partial charge < -0.3 is 19.2 Å². The van der Waals surface area contributed by atoms with Crippen LogP contribution in [-0.2, 0) is 16.0 Å². The lowest BCUT2D eigenvalue weighted by Crippen LogP contribution is -2.58. The zero-order chi connectivity index (χ0) is 21.6. The number of carbonyl (C=O) groups excluding carboxylic acids is 2. The first-order valence-corrected chi connectivity index (χ1v) is 11.1. The quantitative estimate of drug-likeness (QED) is 0.686. The molecule has 2 aromatic rings. The summed E-state index contributed by atoms with van der Waals surface area (Å²) in [5.41, 5.74) is 1.48. The molecule has 4 aliphatic rings. The van der Waals surface area contributed by atoms with Gasteiger partial charge in [-0.05, 0) is 86.6 Å². The summed E-state index contributed by atoms with van der Waals surface area (Å²) in [5.74, 6) is 3.12. The first-order valence-electron chi connectivity index (χ1n) is 11.1. The van der Waals surface area contributed by atoms with Gasteiger partial charge in [0.25, 0.3) is 0 Å². The van der Waals surface area contributed by atoms with Crippen molar-refractivity contribution >= 4 is 11.9 Å². The van der Waals surface area contributed by atoms with Crippen molar-refractivity contribution in [1.29, 1.82) is 0 Å². The van der Waals surface area contributed by atoms with Gasteiger partial charge in [-0.2, -0.15) is 0 Å². The van der Waals surface area contributed by atoms with Gasteiger partial charge in [-0.3, -0.25) is 0 Å². The highest BCUT2D eigenvalue weighted by molar-refractivity contribution is 5.97. The van der Waals surface area contributed by atoms with Crippen LogP contribution in [0.4, 0.5) is 0 Å². The minimum Gasteiger partial charge on any atom is -0.465 e. The number of rotatable bonds is 6. The lowest BCUT2D eigenvalue weighted by atomic mass is 9.53. The van der Waals surface area contributed by atoms with Crippen molar-refractivity contribution in [2.24, 2.45) is 17.8 Å². The maximum atomic E-state index is 12.1. The van der Waals surface area contributed by atoms with Crippen LogP contribution in [0.25, 0.3) is 11.3 Å². The minimum absolute atomic E-state index is 0.268. The number of furan rings is 1. The Balaban J connectivity index is 1.34. The van der Waals surface area contributed by atoms with Crippen LogP contribution < -0.4 is 5.32 Å². The zero-order valence-corrected chi connectivity index (χ0v) is 18.1. The van der Waals surface area contributed by atoms with Crippen LogP contribution in [0.5, 0.6) is 0 Å². The van der Waals surface area contributed by atoms with E-state index in [1.165, 1.54) is 58.8 Å². The lowest BCUT2D eigenvalue weighted by molar-refractivity contribution is -0.0213. The Kier molecular flexibility index (Phi) is 5.13. The summed E-state index contributed by atoms with van der Waals surface area (Å²) in [6.45, 7) is 0.687. The highest BCUT2D eigenvalue weighted by Crippen LogP contribution is 2.55. The average molecular weight is 424 g/mol. The van der Waals surface area contributed by atoms with E-state index in [2.05, 4.69) is 5.32 Å². The van der Waals surface area contributed by atoms with E-state index in [1.807, 2.05) is 12.1 Å². The van der Waals surface area contributed by atoms with Crippen LogP contribution in [0.3, 0.4) is 0 Å². The fraction of sp³-hybridized carbons (Fsp3) is 0.520. The molecule has 0 amide bonds. The number of nitrogens with one attached hydrogen (secondary N) is 1. The van der Waals surface area contributed by atoms with Gasteiger partial charge in [0.15, 0.2) is 0 Å². The summed E-state index contributed by atoms with van der Waals surface area (Å²) < 4.78 is 15.8. The number of esters is 2. The third kappa shape index (κ3) is 3.89. The van der Waals surface area contributed by atoms with E-state index in [0.717, 1.165) is 23.5 Å². The van der Waals surface area contributed by atoms with E-state index >= 15 is 0 Å². The molecule has 4 saturated carbocycles. The number of ether oxygens (including phenoxy) is 2. The maximum absolute atomic E-state index is 12.1. The molecule has 164 valence electrons. The Bertz CT molecular complexity index is 938. The summed E-state index contributed by atoms with van der Waals surface area (Å²) in [7, 11) is 2.63. The van der Waals surface area contributed by atoms with Crippen molar-refractivity contribution in [3.8, 4) is 11.3 Å². The molecular weight excluding hydrogens is 394 g/mol. The van der Waals surface area contributed by atoms with Gasteiger partial charge in [-0.25, -0.2) is 9.59 Å². The highest BCUT2D eigenvalue weighted by Gasteiger charge is 2.50. The molecule has 0 unspecified atom stereocenters. The fourth-order valence-electron chi connectivity index (χ4n) is 6.47. The fourth-order valence-corrected chi connectivity index (χ4v) is 6.47. The number of benzene rings is 1. The molecule has 4 aliphatic carbocycles. The molecule has 1 N–H and O–H groups in total. The number of methoxy groups -OCH3 is 2. The largest absolute Gasteiger partial charge is 0.465 e. The Morgan fingerprint density at radius 2 is 1.48 bits per heavy atom. The van der Waals surface area contributed by atoms with Gasteiger partial charge in [0.2, 0.25) is 0 Å². The van der Waals surface area contributed by atoms with Crippen LogP contribution >= 0.6 is 0 Å². The molecule has 0 aliphatic heterocycles. The number of carbonyl (C=O) groups is 2. The van der Waals surface area contributed by atoms with Crippen molar-refractivity contribution < 1.29 is 23.5 Å². The summed E-state index contributed by atoms with van der Waals surface area (Å²) in [5, 5.41) is 3.84. The molecule has 31 heavy (non-hydrogen) atoms. The maximum Gasteiger partial charge on any atom is 0.337 e. The van der Waals surface area contributed by atoms with E-state index in [-0.39, 0.29) is 16.7 Å². The molecule has 1 aromatic carbocycles. The Morgan fingerprint density at radius 3 is 2.00 bits per heavy atom. The highest BCUT2D eigenvalue weighted by atomic mass is 16.5. The Morgan fingerprint density at radius 1 is 0.935 bits per heavy atom.